The van der Waals surface area contributed by atoms with E-state index in [4.69, 9.17) is 16.7 Å². The van der Waals surface area contributed by atoms with Crippen LogP contribution in [0, 0.1) is 5.92 Å². The SMILES string of the molecule is Cn1c(CNC(=O)N2CCC(C(=O)O)C2)nc2cccc(Cl)c21. The van der Waals surface area contributed by atoms with Gasteiger partial charge in [0.25, 0.3) is 0 Å². The summed E-state index contributed by atoms with van der Waals surface area (Å²) in [6.45, 7) is 0.960. The maximum absolute atomic E-state index is 12.1. The Labute approximate surface area is 137 Å². The summed E-state index contributed by atoms with van der Waals surface area (Å²) >= 11 is 6.18. The van der Waals surface area contributed by atoms with E-state index >= 15 is 0 Å². The number of imidazole rings is 1. The van der Waals surface area contributed by atoms with E-state index in [1.54, 1.807) is 6.07 Å². The second-order valence-electron chi connectivity index (χ2n) is 5.62. The number of aromatic nitrogens is 2. The number of amides is 2. The summed E-state index contributed by atoms with van der Waals surface area (Å²) < 4.78 is 1.85. The van der Waals surface area contributed by atoms with Gasteiger partial charge in [0.1, 0.15) is 5.82 Å². The smallest absolute Gasteiger partial charge is 0.317 e. The summed E-state index contributed by atoms with van der Waals surface area (Å²) in [5.74, 6) is -0.643. The number of nitrogens with zero attached hydrogens (tertiary/aromatic N) is 3. The quantitative estimate of drug-likeness (QED) is 0.895. The van der Waals surface area contributed by atoms with Crippen molar-refractivity contribution < 1.29 is 14.7 Å². The van der Waals surface area contributed by atoms with Crippen LogP contribution in [0.25, 0.3) is 11.0 Å². The lowest BCUT2D eigenvalue weighted by atomic mass is 10.1. The summed E-state index contributed by atoms with van der Waals surface area (Å²) in [6, 6.07) is 5.22. The summed E-state index contributed by atoms with van der Waals surface area (Å²) in [5, 5.41) is 12.4. The van der Waals surface area contributed by atoms with Gasteiger partial charge in [-0.3, -0.25) is 4.79 Å². The number of benzene rings is 1. The molecule has 122 valence electrons. The first-order chi connectivity index (χ1) is 11.0. The van der Waals surface area contributed by atoms with E-state index in [0.29, 0.717) is 23.8 Å². The predicted molar refractivity (Wildman–Crippen MR) is 85.3 cm³/mol. The van der Waals surface area contributed by atoms with Crippen molar-refractivity contribution in [1.82, 2.24) is 19.8 Å². The van der Waals surface area contributed by atoms with Crippen LogP contribution < -0.4 is 5.32 Å². The van der Waals surface area contributed by atoms with Gasteiger partial charge in [0, 0.05) is 20.1 Å². The monoisotopic (exact) mass is 336 g/mol. The molecule has 0 spiro atoms. The topological polar surface area (TPSA) is 87.5 Å². The number of urea groups is 1. The van der Waals surface area contributed by atoms with Crippen LogP contribution in [0.1, 0.15) is 12.2 Å². The maximum atomic E-state index is 12.1. The number of carbonyl (C=O) groups excluding carboxylic acids is 1. The van der Waals surface area contributed by atoms with Gasteiger partial charge in [-0.15, -0.1) is 0 Å². The Morgan fingerprint density at radius 2 is 2.26 bits per heavy atom. The third-order valence-corrected chi connectivity index (χ3v) is 4.47. The summed E-state index contributed by atoms with van der Waals surface area (Å²) in [5.41, 5.74) is 1.60. The van der Waals surface area contributed by atoms with Crippen molar-refractivity contribution in [2.24, 2.45) is 13.0 Å². The Kier molecular flexibility index (Phi) is 4.12. The molecule has 0 aliphatic carbocycles. The van der Waals surface area contributed by atoms with Crippen molar-refractivity contribution in [3.8, 4) is 0 Å². The second-order valence-corrected chi connectivity index (χ2v) is 6.03. The summed E-state index contributed by atoms with van der Waals surface area (Å²) in [4.78, 5) is 29.1. The molecule has 0 radical (unpaired) electrons. The van der Waals surface area contributed by atoms with E-state index in [2.05, 4.69) is 10.3 Å². The first-order valence-corrected chi connectivity index (χ1v) is 7.70. The van der Waals surface area contributed by atoms with Crippen molar-refractivity contribution in [3.05, 3.63) is 29.0 Å². The lowest BCUT2D eigenvalue weighted by Gasteiger charge is -2.16. The number of fused-ring (bicyclic) bond motifs is 1. The predicted octanol–water partition coefficient (Wildman–Crippen LogP) is 1.84. The molecule has 2 heterocycles. The standard InChI is InChI=1S/C15H17ClN4O3/c1-19-12(18-11-4-2-3-10(16)13(11)19)7-17-15(23)20-6-5-9(8-20)14(21)22/h2-4,9H,5-8H2,1H3,(H,17,23)(H,21,22). The first-order valence-electron chi connectivity index (χ1n) is 7.32. The molecule has 8 heteroatoms. The molecule has 1 aromatic carbocycles. The fraction of sp³-hybridized carbons (Fsp3) is 0.400. The highest BCUT2D eigenvalue weighted by molar-refractivity contribution is 6.35. The van der Waals surface area contributed by atoms with Gasteiger partial charge in [0.05, 0.1) is 28.5 Å². The Balaban J connectivity index is 1.67. The second kappa shape index (κ2) is 6.08. The average Bonchev–Trinajstić information content (AvgIpc) is 3.11. The molecular formula is C15H17ClN4O3. The molecule has 2 aromatic rings. The summed E-state index contributed by atoms with van der Waals surface area (Å²) in [6.07, 6.45) is 0.491. The van der Waals surface area contributed by atoms with Crippen LogP contribution in [0.15, 0.2) is 18.2 Å². The zero-order chi connectivity index (χ0) is 16.6. The van der Waals surface area contributed by atoms with Crippen LogP contribution >= 0.6 is 11.6 Å². The molecule has 3 rings (SSSR count). The Morgan fingerprint density at radius 3 is 2.91 bits per heavy atom. The molecule has 1 aromatic heterocycles. The van der Waals surface area contributed by atoms with Crippen LogP contribution in [0.4, 0.5) is 4.79 Å². The zero-order valence-electron chi connectivity index (χ0n) is 12.6. The molecule has 1 aliphatic rings. The number of rotatable bonds is 3. The van der Waals surface area contributed by atoms with Crippen molar-refractivity contribution in [2.45, 2.75) is 13.0 Å². The highest BCUT2D eigenvalue weighted by Crippen LogP contribution is 2.23. The molecular weight excluding hydrogens is 320 g/mol. The van der Waals surface area contributed by atoms with Gasteiger partial charge in [-0.2, -0.15) is 0 Å². The number of carbonyl (C=O) groups is 2. The molecule has 1 aliphatic heterocycles. The molecule has 1 atom stereocenters. The highest BCUT2D eigenvalue weighted by atomic mass is 35.5. The van der Waals surface area contributed by atoms with Crippen molar-refractivity contribution in [1.29, 1.82) is 0 Å². The third-order valence-electron chi connectivity index (χ3n) is 4.16. The lowest BCUT2D eigenvalue weighted by Crippen LogP contribution is -2.39. The van der Waals surface area contributed by atoms with Gasteiger partial charge in [0.15, 0.2) is 0 Å². The first kappa shape index (κ1) is 15.6. The number of hydrogen-bond donors (Lipinski definition) is 2. The Bertz CT molecular complexity index is 773. The van der Waals surface area contributed by atoms with E-state index in [1.165, 1.54) is 4.90 Å². The molecule has 2 amide bonds. The molecule has 2 N–H and O–H groups in total. The Morgan fingerprint density at radius 1 is 1.48 bits per heavy atom. The van der Waals surface area contributed by atoms with Gasteiger partial charge in [0.2, 0.25) is 0 Å². The Hall–Kier alpha value is -2.28. The number of likely N-dealkylation sites (tertiary alicyclic amines) is 1. The van der Waals surface area contributed by atoms with Crippen molar-refractivity contribution in [3.63, 3.8) is 0 Å². The van der Waals surface area contributed by atoms with Crippen molar-refractivity contribution in [2.75, 3.05) is 13.1 Å². The minimum Gasteiger partial charge on any atom is -0.481 e. The molecule has 7 nitrogen and oxygen atoms in total. The van der Waals surface area contributed by atoms with Crippen LogP contribution in [-0.2, 0) is 18.4 Å². The minimum atomic E-state index is -0.856. The number of aryl methyl sites for hydroxylation is 1. The third kappa shape index (κ3) is 2.96. The van der Waals surface area contributed by atoms with E-state index in [-0.39, 0.29) is 19.1 Å². The van der Waals surface area contributed by atoms with Gasteiger partial charge >= 0.3 is 12.0 Å². The molecule has 1 fully saturated rings. The fourth-order valence-electron chi connectivity index (χ4n) is 2.84. The number of hydrogen-bond acceptors (Lipinski definition) is 3. The molecule has 23 heavy (non-hydrogen) atoms. The van der Waals surface area contributed by atoms with Gasteiger partial charge < -0.3 is 19.9 Å². The number of carboxylic acids is 1. The molecule has 0 bridgehead atoms. The number of aliphatic carboxylic acids is 1. The number of para-hydroxylation sites is 1. The zero-order valence-corrected chi connectivity index (χ0v) is 13.4. The molecule has 1 unspecified atom stereocenters. The number of carboxylic acid groups (broad SMARTS) is 1. The van der Waals surface area contributed by atoms with Crippen LogP contribution in [-0.4, -0.2) is 44.6 Å². The van der Waals surface area contributed by atoms with Gasteiger partial charge in [-0.25, -0.2) is 9.78 Å². The number of nitrogens with one attached hydrogen (secondary N) is 1. The fourth-order valence-corrected chi connectivity index (χ4v) is 3.14. The van der Waals surface area contributed by atoms with Crippen LogP contribution in [0.2, 0.25) is 5.02 Å². The highest BCUT2D eigenvalue weighted by Gasteiger charge is 2.30. The van der Waals surface area contributed by atoms with Crippen LogP contribution in [0.5, 0.6) is 0 Å². The summed E-state index contributed by atoms with van der Waals surface area (Å²) in [7, 11) is 1.85. The van der Waals surface area contributed by atoms with E-state index in [0.717, 1.165) is 11.0 Å². The minimum absolute atomic E-state index is 0.246. The van der Waals surface area contributed by atoms with Crippen LogP contribution in [0.3, 0.4) is 0 Å². The van der Waals surface area contributed by atoms with E-state index < -0.39 is 11.9 Å². The van der Waals surface area contributed by atoms with E-state index in [9.17, 15) is 9.59 Å². The average molecular weight is 337 g/mol. The van der Waals surface area contributed by atoms with Crippen molar-refractivity contribution >= 4 is 34.6 Å². The lowest BCUT2D eigenvalue weighted by molar-refractivity contribution is -0.141. The van der Waals surface area contributed by atoms with E-state index in [1.807, 2.05) is 23.7 Å². The molecule has 0 saturated carbocycles. The normalized spacial score (nSPS) is 17.7. The maximum Gasteiger partial charge on any atom is 0.317 e. The van der Waals surface area contributed by atoms with Gasteiger partial charge in [-0.05, 0) is 18.6 Å². The number of halogens is 1. The van der Waals surface area contributed by atoms with Gasteiger partial charge in [-0.1, -0.05) is 17.7 Å². The molecule has 1 saturated heterocycles. The largest absolute Gasteiger partial charge is 0.481 e.